The first-order valence-electron chi connectivity index (χ1n) is 15.7. The number of aliphatic hydroxyl groups is 2. The fourth-order valence-corrected chi connectivity index (χ4v) is 6.67. The van der Waals surface area contributed by atoms with Crippen LogP contribution in [0.3, 0.4) is 0 Å². The third-order valence-corrected chi connectivity index (χ3v) is 10.1. The molecule has 5 rings (SSSR count). The highest BCUT2D eigenvalue weighted by atomic mass is 32.2. The number of carbonyl (C=O) groups is 2. The first-order chi connectivity index (χ1) is 24.2. The van der Waals surface area contributed by atoms with E-state index in [1.54, 1.807) is 12.1 Å². The molecule has 2 amide bonds. The number of amides is 2. The van der Waals surface area contributed by atoms with Crippen molar-refractivity contribution in [1.82, 2.24) is 9.62 Å². The quantitative estimate of drug-likeness (QED) is 0.205. The highest BCUT2D eigenvalue weighted by molar-refractivity contribution is 7.89. The van der Waals surface area contributed by atoms with Crippen molar-refractivity contribution in [2.45, 2.75) is 61.4 Å². The van der Waals surface area contributed by atoms with Gasteiger partial charge in [0.15, 0.2) is 0 Å². The minimum absolute atomic E-state index is 0.0571. The topological polar surface area (TPSA) is 167 Å². The molecule has 0 saturated carbocycles. The number of benzene rings is 3. The molecule has 2 aliphatic heterocycles. The minimum Gasteiger partial charge on any atom is -0.406 e. The standard InChI is InChI=1S/C20H21F3N2O5S.C13H15F3N2O3/c1-14-2-8-17(9-3-14)31(28,29)25-12-10-19(27,11-13-25)18(26)24-15-4-6-16(7-5-15)30-20(21,22)23;14-13(15,16)21-10-3-1-9(2-4-10)18-11(19)12(20)5-7-17-8-6-12/h2-9,27H,10-13H2,1H3,(H,24,26);1-4,17,20H,5-8H2,(H,18,19). The summed E-state index contributed by atoms with van der Waals surface area (Å²) in [5.41, 5.74) is -1.88. The van der Waals surface area contributed by atoms with Gasteiger partial charge >= 0.3 is 12.7 Å². The number of halogens is 6. The molecule has 2 aliphatic rings. The molecule has 0 atom stereocenters. The largest absolute Gasteiger partial charge is 0.573 e. The van der Waals surface area contributed by atoms with E-state index < -0.39 is 51.5 Å². The highest BCUT2D eigenvalue weighted by Crippen LogP contribution is 2.30. The third kappa shape index (κ3) is 11.3. The Morgan fingerprint density at radius 3 is 1.46 bits per heavy atom. The van der Waals surface area contributed by atoms with Crippen LogP contribution in [0.5, 0.6) is 11.5 Å². The first-order valence-corrected chi connectivity index (χ1v) is 17.2. The maximum atomic E-state index is 12.8. The number of nitrogens with one attached hydrogen (secondary N) is 3. The molecule has 2 heterocycles. The molecule has 3 aromatic rings. The van der Waals surface area contributed by atoms with Crippen molar-refractivity contribution in [1.29, 1.82) is 0 Å². The van der Waals surface area contributed by atoms with Gasteiger partial charge in [-0.05, 0) is 106 Å². The van der Waals surface area contributed by atoms with Gasteiger partial charge in [0, 0.05) is 24.5 Å². The lowest BCUT2D eigenvalue weighted by Gasteiger charge is -2.36. The number of nitrogens with zero attached hydrogens (tertiary/aromatic N) is 1. The van der Waals surface area contributed by atoms with Gasteiger partial charge in [-0.25, -0.2) is 8.42 Å². The molecule has 19 heteroatoms. The normalized spacial score (nSPS) is 17.6. The van der Waals surface area contributed by atoms with E-state index in [1.165, 1.54) is 40.7 Å². The van der Waals surface area contributed by atoms with Gasteiger partial charge in [0.05, 0.1) is 4.90 Å². The number of aryl methyl sites for hydroxylation is 1. The maximum Gasteiger partial charge on any atom is 0.573 e. The van der Waals surface area contributed by atoms with Crippen LogP contribution in [0, 0.1) is 6.92 Å². The Balaban J connectivity index is 0.000000251. The average molecular weight is 763 g/mol. The van der Waals surface area contributed by atoms with E-state index in [-0.39, 0.29) is 55.1 Å². The Bertz CT molecular complexity index is 1780. The zero-order chi connectivity index (χ0) is 38.4. The predicted molar refractivity (Wildman–Crippen MR) is 175 cm³/mol. The summed E-state index contributed by atoms with van der Waals surface area (Å²) in [5, 5.41) is 28.8. The van der Waals surface area contributed by atoms with Gasteiger partial charge in [-0.1, -0.05) is 17.7 Å². The third-order valence-electron chi connectivity index (χ3n) is 8.18. The lowest BCUT2D eigenvalue weighted by molar-refractivity contribution is -0.275. The van der Waals surface area contributed by atoms with Crippen LogP contribution in [0.4, 0.5) is 37.7 Å². The van der Waals surface area contributed by atoms with E-state index in [4.69, 9.17) is 0 Å². The van der Waals surface area contributed by atoms with Crippen molar-refractivity contribution >= 4 is 33.2 Å². The number of alkyl halides is 6. The van der Waals surface area contributed by atoms with Gasteiger partial charge in [-0.15, -0.1) is 26.3 Å². The van der Waals surface area contributed by atoms with Crippen LogP contribution in [0.25, 0.3) is 0 Å². The number of hydrogen-bond donors (Lipinski definition) is 5. The second-order valence-corrected chi connectivity index (χ2v) is 14.0. The van der Waals surface area contributed by atoms with Crippen LogP contribution in [0.15, 0.2) is 77.7 Å². The van der Waals surface area contributed by atoms with Crippen LogP contribution in [-0.2, 0) is 19.6 Å². The Kier molecular flexibility index (Phi) is 12.5. The van der Waals surface area contributed by atoms with Crippen LogP contribution in [0.1, 0.15) is 31.2 Å². The summed E-state index contributed by atoms with van der Waals surface area (Å²) in [6.45, 7) is 2.79. The van der Waals surface area contributed by atoms with Crippen molar-refractivity contribution in [3.63, 3.8) is 0 Å². The molecule has 0 unspecified atom stereocenters. The molecule has 3 aromatic carbocycles. The molecule has 52 heavy (non-hydrogen) atoms. The second-order valence-electron chi connectivity index (χ2n) is 12.1. The Labute approximate surface area is 294 Å². The van der Waals surface area contributed by atoms with Crippen LogP contribution in [0.2, 0.25) is 0 Å². The highest BCUT2D eigenvalue weighted by Gasteiger charge is 2.42. The van der Waals surface area contributed by atoms with Gasteiger partial charge in [-0.3, -0.25) is 9.59 Å². The molecule has 0 aromatic heterocycles. The molecule has 0 aliphatic carbocycles. The smallest absolute Gasteiger partial charge is 0.406 e. The van der Waals surface area contributed by atoms with E-state index >= 15 is 0 Å². The molecular weight excluding hydrogens is 726 g/mol. The molecule has 5 N–H and O–H groups in total. The summed E-state index contributed by atoms with van der Waals surface area (Å²) in [5.74, 6) is -2.14. The number of piperidine rings is 2. The lowest BCUT2D eigenvalue weighted by atomic mass is 9.91. The summed E-state index contributed by atoms with van der Waals surface area (Å²) >= 11 is 0. The fraction of sp³-hybridized carbons (Fsp3) is 0.394. The number of carbonyl (C=O) groups excluding carboxylic acids is 2. The summed E-state index contributed by atoms with van der Waals surface area (Å²) in [7, 11) is -3.75. The molecular formula is C33H36F6N4O8S. The Hall–Kier alpha value is -4.43. The average Bonchev–Trinajstić information content (AvgIpc) is 3.06. The minimum atomic E-state index is -4.83. The maximum absolute atomic E-state index is 12.8. The molecule has 0 spiro atoms. The number of sulfonamides is 1. The van der Waals surface area contributed by atoms with Crippen molar-refractivity contribution in [2.75, 3.05) is 36.8 Å². The number of hydrogen-bond acceptors (Lipinski definition) is 9. The van der Waals surface area contributed by atoms with E-state index in [1.807, 2.05) is 6.92 Å². The van der Waals surface area contributed by atoms with E-state index in [9.17, 15) is 54.6 Å². The lowest BCUT2D eigenvalue weighted by Crippen LogP contribution is -2.52. The summed E-state index contributed by atoms with van der Waals surface area (Å²) in [6.07, 6.45) is -9.26. The molecule has 12 nitrogen and oxygen atoms in total. The first kappa shape index (κ1) is 40.3. The van der Waals surface area contributed by atoms with Crippen molar-refractivity contribution in [3.05, 3.63) is 78.4 Å². The fourth-order valence-electron chi connectivity index (χ4n) is 5.23. The number of anilines is 2. The zero-order valence-electron chi connectivity index (χ0n) is 27.6. The summed E-state index contributed by atoms with van der Waals surface area (Å²) < 4.78 is 107. The monoisotopic (exact) mass is 762 g/mol. The van der Waals surface area contributed by atoms with E-state index in [0.717, 1.165) is 29.8 Å². The Morgan fingerprint density at radius 2 is 1.08 bits per heavy atom. The van der Waals surface area contributed by atoms with Crippen LogP contribution in [-0.4, -0.2) is 84.9 Å². The van der Waals surface area contributed by atoms with Gasteiger partial charge in [-0.2, -0.15) is 4.31 Å². The zero-order valence-corrected chi connectivity index (χ0v) is 28.4. The van der Waals surface area contributed by atoms with Crippen molar-refractivity contribution < 1.29 is 64.0 Å². The molecule has 2 fully saturated rings. The molecule has 0 bridgehead atoms. The molecule has 2 saturated heterocycles. The number of rotatable bonds is 8. The number of ether oxygens (including phenoxy) is 2. The Morgan fingerprint density at radius 1 is 0.692 bits per heavy atom. The SMILES string of the molecule is Cc1ccc(S(=O)(=O)N2CCC(O)(C(=O)Nc3ccc(OC(F)(F)F)cc3)CC2)cc1.O=C(Nc1ccc(OC(F)(F)F)cc1)C1(O)CCNCC1. The van der Waals surface area contributed by atoms with Crippen molar-refractivity contribution in [2.24, 2.45) is 0 Å². The summed E-state index contributed by atoms with van der Waals surface area (Å²) in [6, 6.07) is 15.6. The summed E-state index contributed by atoms with van der Waals surface area (Å²) in [4.78, 5) is 24.7. The van der Waals surface area contributed by atoms with Crippen LogP contribution < -0.4 is 25.4 Å². The van der Waals surface area contributed by atoms with Crippen molar-refractivity contribution in [3.8, 4) is 11.5 Å². The van der Waals surface area contributed by atoms with Gasteiger partial charge in [0.2, 0.25) is 10.0 Å². The van der Waals surface area contributed by atoms with Gasteiger partial charge in [0.25, 0.3) is 11.8 Å². The second kappa shape index (κ2) is 16.1. The van der Waals surface area contributed by atoms with Gasteiger partial charge < -0.3 is 35.6 Å². The molecule has 0 radical (unpaired) electrons. The van der Waals surface area contributed by atoms with E-state index in [2.05, 4.69) is 25.4 Å². The van der Waals surface area contributed by atoms with E-state index in [0.29, 0.717) is 18.8 Å². The van der Waals surface area contributed by atoms with Gasteiger partial charge in [0.1, 0.15) is 22.7 Å². The predicted octanol–water partition coefficient (Wildman–Crippen LogP) is 4.69. The van der Waals surface area contributed by atoms with Crippen LogP contribution >= 0.6 is 0 Å². The molecule has 284 valence electrons.